The van der Waals surface area contributed by atoms with Crippen molar-refractivity contribution >= 4 is 40.8 Å². The summed E-state index contributed by atoms with van der Waals surface area (Å²) in [5, 5.41) is 9.62. The average Bonchev–Trinajstić information content (AvgIpc) is 2.35. The molecule has 2 aromatic heterocycles. The van der Waals surface area contributed by atoms with E-state index >= 15 is 0 Å². The number of anilines is 1. The van der Waals surface area contributed by atoms with E-state index in [4.69, 9.17) is 34.2 Å². The van der Waals surface area contributed by atoms with E-state index in [-0.39, 0.29) is 16.7 Å². The fourth-order valence-corrected chi connectivity index (χ4v) is 2.36. The van der Waals surface area contributed by atoms with Crippen molar-refractivity contribution in [3.63, 3.8) is 0 Å². The Bertz CT molecular complexity index is 641. The third-order valence-electron chi connectivity index (χ3n) is 1.91. The Kier molecular flexibility index (Phi) is 3.87. The predicted octanol–water partition coefficient (Wildman–Crippen LogP) is 2.78. The third-order valence-corrected chi connectivity index (χ3v) is 3.65. The lowest BCUT2D eigenvalue weighted by Gasteiger charge is -2.05. The summed E-state index contributed by atoms with van der Waals surface area (Å²) < 4.78 is 0. The first-order valence-corrected chi connectivity index (χ1v) is 6.19. The summed E-state index contributed by atoms with van der Waals surface area (Å²) in [5.41, 5.74) is 5.67. The van der Waals surface area contributed by atoms with Crippen LogP contribution in [0.5, 0.6) is 0 Å². The van der Waals surface area contributed by atoms with Crippen LogP contribution in [0.25, 0.3) is 0 Å². The second-order valence-electron chi connectivity index (χ2n) is 3.07. The van der Waals surface area contributed by atoms with Crippen LogP contribution in [0, 0.1) is 11.3 Å². The van der Waals surface area contributed by atoms with E-state index in [9.17, 15) is 0 Å². The van der Waals surface area contributed by atoms with Gasteiger partial charge in [0.25, 0.3) is 0 Å². The Morgan fingerprint density at radius 2 is 2.11 bits per heavy atom. The molecule has 0 saturated carbocycles. The van der Waals surface area contributed by atoms with E-state index in [0.29, 0.717) is 14.9 Å². The molecular weight excluding hydrogens is 293 g/mol. The zero-order valence-electron chi connectivity index (χ0n) is 8.76. The molecule has 0 amide bonds. The minimum Gasteiger partial charge on any atom is -0.382 e. The van der Waals surface area contributed by atoms with Crippen LogP contribution in [0.15, 0.2) is 28.4 Å². The smallest absolute Gasteiger partial charge is 0.177 e. The number of pyridine rings is 1. The number of rotatable bonds is 2. The molecule has 0 radical (unpaired) electrons. The molecule has 0 unspecified atom stereocenters. The molecule has 0 aromatic carbocycles. The van der Waals surface area contributed by atoms with Crippen molar-refractivity contribution in [3.05, 3.63) is 34.3 Å². The average molecular weight is 298 g/mol. The molecule has 5 nitrogen and oxygen atoms in total. The van der Waals surface area contributed by atoms with Crippen LogP contribution >= 0.6 is 35.0 Å². The SMILES string of the molecule is N#Cc1ncc(Sc2ccnc(N)c2Cl)nc1Cl. The van der Waals surface area contributed by atoms with E-state index in [1.165, 1.54) is 18.0 Å². The summed E-state index contributed by atoms with van der Waals surface area (Å²) in [6, 6.07) is 3.54. The highest BCUT2D eigenvalue weighted by Crippen LogP contribution is 2.34. The van der Waals surface area contributed by atoms with Gasteiger partial charge in [0.1, 0.15) is 16.9 Å². The summed E-state index contributed by atoms with van der Waals surface area (Å²) >= 11 is 13.0. The molecule has 0 aliphatic carbocycles. The van der Waals surface area contributed by atoms with Gasteiger partial charge in [-0.2, -0.15) is 5.26 Å². The molecule has 0 spiro atoms. The van der Waals surface area contributed by atoms with Gasteiger partial charge in [-0.1, -0.05) is 35.0 Å². The fourth-order valence-electron chi connectivity index (χ4n) is 1.11. The molecule has 0 aliphatic heterocycles. The molecule has 0 bridgehead atoms. The number of halogens is 2. The van der Waals surface area contributed by atoms with E-state index in [2.05, 4.69) is 15.0 Å². The Labute approximate surface area is 117 Å². The van der Waals surface area contributed by atoms with Crippen LogP contribution in [-0.2, 0) is 0 Å². The van der Waals surface area contributed by atoms with E-state index in [0.717, 1.165) is 0 Å². The van der Waals surface area contributed by atoms with Crippen LogP contribution in [0.3, 0.4) is 0 Å². The molecule has 2 aromatic rings. The maximum absolute atomic E-state index is 8.69. The van der Waals surface area contributed by atoms with Gasteiger partial charge in [0.2, 0.25) is 0 Å². The molecular formula is C10H5Cl2N5S. The van der Waals surface area contributed by atoms with Crippen LogP contribution in [0.4, 0.5) is 5.82 Å². The van der Waals surface area contributed by atoms with Gasteiger partial charge in [0.15, 0.2) is 10.8 Å². The lowest BCUT2D eigenvalue weighted by Crippen LogP contribution is -1.93. The zero-order chi connectivity index (χ0) is 13.1. The first-order chi connectivity index (χ1) is 8.61. The van der Waals surface area contributed by atoms with Crippen molar-refractivity contribution < 1.29 is 0 Å². The molecule has 2 N–H and O–H groups in total. The highest BCUT2D eigenvalue weighted by Gasteiger charge is 2.10. The summed E-state index contributed by atoms with van der Waals surface area (Å²) in [6.45, 7) is 0. The standard InChI is InChI=1S/C10H5Cl2N5S/c11-8-6(1-2-15-10(8)14)18-7-4-16-5(3-13)9(12)17-7/h1-2,4H,(H2,14,15). The second kappa shape index (κ2) is 5.40. The van der Waals surface area contributed by atoms with Gasteiger partial charge < -0.3 is 5.73 Å². The third kappa shape index (κ3) is 2.64. The van der Waals surface area contributed by atoms with Crippen molar-refractivity contribution in [2.75, 3.05) is 5.73 Å². The Hall–Kier alpha value is -1.55. The number of aromatic nitrogens is 3. The van der Waals surface area contributed by atoms with Crippen molar-refractivity contribution in [3.8, 4) is 6.07 Å². The molecule has 0 saturated heterocycles. The Morgan fingerprint density at radius 3 is 2.78 bits per heavy atom. The van der Waals surface area contributed by atoms with Crippen LogP contribution in [0.1, 0.15) is 5.69 Å². The molecule has 0 atom stereocenters. The van der Waals surface area contributed by atoms with Crippen LogP contribution in [0.2, 0.25) is 10.2 Å². The predicted molar refractivity (Wildman–Crippen MR) is 69.5 cm³/mol. The number of nitrogens with two attached hydrogens (primary N) is 1. The maximum atomic E-state index is 8.69. The summed E-state index contributed by atoms with van der Waals surface area (Å²) in [7, 11) is 0. The molecule has 0 fully saturated rings. The normalized spacial score (nSPS) is 10.1. The van der Waals surface area contributed by atoms with Crippen molar-refractivity contribution in [1.29, 1.82) is 5.26 Å². The van der Waals surface area contributed by atoms with Gasteiger partial charge in [-0.05, 0) is 6.07 Å². The molecule has 90 valence electrons. The minimum absolute atomic E-state index is 0.0562. The lowest BCUT2D eigenvalue weighted by molar-refractivity contribution is 1.04. The molecule has 0 aliphatic rings. The fraction of sp³-hybridized carbons (Fsp3) is 0. The van der Waals surface area contributed by atoms with Crippen LogP contribution in [-0.4, -0.2) is 15.0 Å². The Morgan fingerprint density at radius 1 is 1.33 bits per heavy atom. The summed E-state index contributed by atoms with van der Waals surface area (Å²) in [5.74, 6) is 0.245. The highest BCUT2D eigenvalue weighted by atomic mass is 35.5. The minimum atomic E-state index is 0.0562. The van der Waals surface area contributed by atoms with Gasteiger partial charge in [-0.15, -0.1) is 0 Å². The van der Waals surface area contributed by atoms with Crippen molar-refractivity contribution in [2.45, 2.75) is 9.92 Å². The van der Waals surface area contributed by atoms with Gasteiger partial charge in [-0.3, -0.25) is 0 Å². The summed E-state index contributed by atoms with van der Waals surface area (Å²) in [6.07, 6.45) is 2.99. The largest absolute Gasteiger partial charge is 0.382 e. The van der Waals surface area contributed by atoms with E-state index in [1.807, 2.05) is 6.07 Å². The number of nitriles is 1. The highest BCUT2D eigenvalue weighted by molar-refractivity contribution is 7.99. The number of nitrogen functional groups attached to an aromatic ring is 1. The lowest BCUT2D eigenvalue weighted by atomic mass is 10.5. The monoisotopic (exact) mass is 297 g/mol. The topological polar surface area (TPSA) is 88.5 Å². The first-order valence-electron chi connectivity index (χ1n) is 4.62. The number of nitrogens with zero attached hydrogens (tertiary/aromatic N) is 4. The number of hydrogen-bond acceptors (Lipinski definition) is 6. The molecule has 18 heavy (non-hydrogen) atoms. The van der Waals surface area contributed by atoms with Gasteiger partial charge in [0, 0.05) is 11.1 Å². The molecule has 8 heteroatoms. The quantitative estimate of drug-likeness (QED) is 0.917. The van der Waals surface area contributed by atoms with Gasteiger partial charge >= 0.3 is 0 Å². The van der Waals surface area contributed by atoms with Crippen LogP contribution < -0.4 is 5.73 Å². The van der Waals surface area contributed by atoms with Gasteiger partial charge in [-0.25, -0.2) is 15.0 Å². The second-order valence-corrected chi connectivity index (χ2v) is 4.87. The molecule has 2 rings (SSSR count). The Balaban J connectivity index is 2.32. The number of hydrogen-bond donors (Lipinski definition) is 1. The van der Waals surface area contributed by atoms with E-state index in [1.54, 1.807) is 12.3 Å². The zero-order valence-corrected chi connectivity index (χ0v) is 11.1. The molecule has 2 heterocycles. The van der Waals surface area contributed by atoms with Crippen molar-refractivity contribution in [1.82, 2.24) is 15.0 Å². The van der Waals surface area contributed by atoms with Crippen molar-refractivity contribution in [2.24, 2.45) is 0 Å². The maximum Gasteiger partial charge on any atom is 0.177 e. The van der Waals surface area contributed by atoms with E-state index < -0.39 is 0 Å². The first kappa shape index (κ1) is 12.9. The van der Waals surface area contributed by atoms with Gasteiger partial charge in [0.05, 0.1) is 11.2 Å². The summed E-state index contributed by atoms with van der Waals surface area (Å²) in [4.78, 5) is 12.5.